The minimum Gasteiger partial charge on any atom is -0.379 e. The van der Waals surface area contributed by atoms with Gasteiger partial charge in [0, 0.05) is 30.3 Å². The van der Waals surface area contributed by atoms with E-state index in [0.29, 0.717) is 48.7 Å². The summed E-state index contributed by atoms with van der Waals surface area (Å²) in [6.07, 6.45) is 0. The van der Waals surface area contributed by atoms with Crippen LogP contribution in [0.25, 0.3) is 11.3 Å². The molecule has 1 aliphatic rings. The van der Waals surface area contributed by atoms with Crippen LogP contribution in [0.1, 0.15) is 40.0 Å². The molecular formula is C26H29N3O5S. The van der Waals surface area contributed by atoms with Crippen molar-refractivity contribution in [2.24, 2.45) is 0 Å². The minimum atomic E-state index is -3.71. The minimum absolute atomic E-state index is 0.190. The predicted molar refractivity (Wildman–Crippen MR) is 133 cm³/mol. The van der Waals surface area contributed by atoms with Crippen molar-refractivity contribution in [2.45, 2.75) is 38.6 Å². The first-order chi connectivity index (χ1) is 16.6. The number of rotatable bonds is 6. The summed E-state index contributed by atoms with van der Waals surface area (Å²) in [4.78, 5) is 25.9. The molecule has 0 unspecified atom stereocenters. The number of aromatic nitrogens is 2. The molecule has 0 spiro atoms. The molecule has 1 atom stereocenters. The van der Waals surface area contributed by atoms with E-state index < -0.39 is 21.6 Å². The van der Waals surface area contributed by atoms with Crippen LogP contribution in [0.4, 0.5) is 0 Å². The average molecular weight is 496 g/mol. The Bertz CT molecular complexity index is 1440. The lowest BCUT2D eigenvalue weighted by Crippen LogP contribution is -2.40. The van der Waals surface area contributed by atoms with E-state index in [9.17, 15) is 18.0 Å². The number of Topliss-reactive ketones (excluding diaryl/α,β-unsaturated/α-hetero) is 1. The summed E-state index contributed by atoms with van der Waals surface area (Å²) in [6, 6.07) is 12.6. The van der Waals surface area contributed by atoms with Crippen molar-refractivity contribution in [3.05, 3.63) is 81.1 Å². The van der Waals surface area contributed by atoms with E-state index in [1.165, 1.54) is 10.4 Å². The number of hydrogen-bond donors (Lipinski definition) is 0. The van der Waals surface area contributed by atoms with Gasteiger partial charge in [-0.2, -0.15) is 9.40 Å². The largest absolute Gasteiger partial charge is 0.379 e. The van der Waals surface area contributed by atoms with Crippen molar-refractivity contribution < 1.29 is 17.9 Å². The summed E-state index contributed by atoms with van der Waals surface area (Å²) in [5, 5.41) is 4.45. The number of nitrogens with zero attached hydrogens (tertiary/aromatic N) is 3. The molecule has 184 valence electrons. The summed E-state index contributed by atoms with van der Waals surface area (Å²) in [5.74, 6) is -0.223. The molecule has 0 bridgehead atoms. The summed E-state index contributed by atoms with van der Waals surface area (Å²) < 4.78 is 34.4. The second-order valence-corrected chi connectivity index (χ2v) is 10.7. The zero-order chi connectivity index (χ0) is 25.3. The predicted octanol–water partition coefficient (Wildman–Crippen LogP) is 3.30. The van der Waals surface area contributed by atoms with Gasteiger partial charge in [-0.15, -0.1) is 0 Å². The van der Waals surface area contributed by atoms with E-state index in [4.69, 9.17) is 4.74 Å². The number of ketones is 1. The van der Waals surface area contributed by atoms with Gasteiger partial charge >= 0.3 is 0 Å². The fourth-order valence-electron chi connectivity index (χ4n) is 4.07. The van der Waals surface area contributed by atoms with Gasteiger partial charge in [0.1, 0.15) is 6.04 Å². The van der Waals surface area contributed by atoms with E-state index in [0.717, 1.165) is 15.8 Å². The lowest BCUT2D eigenvalue weighted by Gasteiger charge is -2.26. The van der Waals surface area contributed by atoms with Crippen molar-refractivity contribution >= 4 is 15.8 Å². The fraction of sp³-hybridized carbons (Fsp3) is 0.346. The highest BCUT2D eigenvalue weighted by molar-refractivity contribution is 7.89. The second-order valence-electron chi connectivity index (χ2n) is 8.84. The Morgan fingerprint density at radius 3 is 2.31 bits per heavy atom. The fourth-order valence-corrected chi connectivity index (χ4v) is 5.73. The maximum Gasteiger partial charge on any atom is 0.267 e. The molecule has 2 aromatic carbocycles. The molecule has 4 rings (SSSR count). The van der Waals surface area contributed by atoms with Crippen molar-refractivity contribution in [3.8, 4) is 11.3 Å². The first-order valence-electron chi connectivity index (χ1n) is 11.5. The summed E-state index contributed by atoms with van der Waals surface area (Å²) >= 11 is 0. The van der Waals surface area contributed by atoms with E-state index in [2.05, 4.69) is 5.10 Å². The Kier molecular flexibility index (Phi) is 7.02. The molecular weight excluding hydrogens is 466 g/mol. The van der Waals surface area contributed by atoms with Crippen LogP contribution >= 0.6 is 0 Å². The number of morpholine rings is 1. The van der Waals surface area contributed by atoms with Gasteiger partial charge in [0.2, 0.25) is 10.0 Å². The summed E-state index contributed by atoms with van der Waals surface area (Å²) in [5.41, 5.74) is 3.73. The molecule has 0 radical (unpaired) electrons. The van der Waals surface area contributed by atoms with Crippen LogP contribution < -0.4 is 5.56 Å². The number of carbonyl (C=O) groups excluding carboxylic acids is 1. The average Bonchev–Trinajstić information content (AvgIpc) is 2.86. The lowest BCUT2D eigenvalue weighted by molar-refractivity contribution is 0.0730. The monoisotopic (exact) mass is 495 g/mol. The molecule has 35 heavy (non-hydrogen) atoms. The van der Waals surface area contributed by atoms with Crippen LogP contribution in [0.2, 0.25) is 0 Å². The Labute approximate surface area is 205 Å². The molecule has 3 aromatic rings. The Morgan fingerprint density at radius 1 is 0.943 bits per heavy atom. The quantitative estimate of drug-likeness (QED) is 0.487. The van der Waals surface area contributed by atoms with Gasteiger partial charge < -0.3 is 4.74 Å². The van der Waals surface area contributed by atoms with Gasteiger partial charge in [-0.05, 0) is 62.6 Å². The van der Waals surface area contributed by atoms with Crippen LogP contribution in [-0.4, -0.2) is 54.6 Å². The Balaban J connectivity index is 1.70. The number of ether oxygens (including phenoxy) is 1. The molecule has 1 fully saturated rings. The number of hydrogen-bond acceptors (Lipinski definition) is 6. The maximum atomic E-state index is 13.3. The van der Waals surface area contributed by atoms with Gasteiger partial charge in [-0.3, -0.25) is 9.59 Å². The molecule has 9 heteroatoms. The normalized spacial score (nSPS) is 15.7. The third kappa shape index (κ3) is 4.98. The van der Waals surface area contributed by atoms with E-state index >= 15 is 0 Å². The number of carbonyl (C=O) groups is 1. The molecule has 1 aromatic heterocycles. The molecule has 2 heterocycles. The highest BCUT2D eigenvalue weighted by Crippen LogP contribution is 2.27. The zero-order valence-corrected chi connectivity index (χ0v) is 21.1. The Morgan fingerprint density at radius 2 is 1.63 bits per heavy atom. The third-order valence-corrected chi connectivity index (χ3v) is 8.48. The summed E-state index contributed by atoms with van der Waals surface area (Å²) in [7, 11) is -3.71. The zero-order valence-electron chi connectivity index (χ0n) is 20.3. The van der Waals surface area contributed by atoms with Crippen LogP contribution in [0.3, 0.4) is 0 Å². The highest BCUT2D eigenvalue weighted by Gasteiger charge is 2.28. The van der Waals surface area contributed by atoms with Gasteiger partial charge in [0.15, 0.2) is 5.78 Å². The molecule has 8 nitrogen and oxygen atoms in total. The standard InChI is InChI=1S/C26H29N3O5S/c1-17-5-8-22(15-19(17)3)26(31)20(4)29-25(30)10-9-23(27-29)21-7-6-18(2)24(16-21)35(32,33)28-11-13-34-14-12-28/h5-10,15-16,20H,11-14H2,1-4H3/t20-/m0/s1. The van der Waals surface area contributed by atoms with Crippen LogP contribution in [0.5, 0.6) is 0 Å². The van der Waals surface area contributed by atoms with Gasteiger partial charge in [-0.1, -0.05) is 24.3 Å². The number of benzene rings is 2. The smallest absolute Gasteiger partial charge is 0.267 e. The number of aryl methyl sites for hydroxylation is 3. The third-order valence-electron chi connectivity index (χ3n) is 6.43. The van der Waals surface area contributed by atoms with Crippen molar-refractivity contribution in [3.63, 3.8) is 0 Å². The molecule has 0 saturated carbocycles. The second kappa shape index (κ2) is 9.85. The van der Waals surface area contributed by atoms with Crippen LogP contribution in [-0.2, 0) is 14.8 Å². The molecule has 1 saturated heterocycles. The Hall–Kier alpha value is -3.14. The molecule has 1 aliphatic heterocycles. The topological polar surface area (TPSA) is 98.6 Å². The van der Waals surface area contributed by atoms with Crippen LogP contribution in [0, 0.1) is 20.8 Å². The van der Waals surface area contributed by atoms with Gasteiger partial charge in [0.05, 0.1) is 23.8 Å². The van der Waals surface area contributed by atoms with Crippen LogP contribution in [0.15, 0.2) is 58.2 Å². The first-order valence-corrected chi connectivity index (χ1v) is 12.9. The van der Waals surface area contributed by atoms with Gasteiger partial charge in [0.25, 0.3) is 5.56 Å². The molecule has 0 N–H and O–H groups in total. The SMILES string of the molecule is Cc1ccc(C(=O)[C@H](C)n2nc(-c3ccc(C)c(S(=O)(=O)N4CCOCC4)c3)ccc2=O)cc1C. The van der Waals surface area contributed by atoms with Crippen molar-refractivity contribution in [2.75, 3.05) is 26.3 Å². The summed E-state index contributed by atoms with van der Waals surface area (Å²) in [6.45, 7) is 8.60. The van der Waals surface area contributed by atoms with E-state index in [1.807, 2.05) is 26.0 Å². The van der Waals surface area contributed by atoms with E-state index in [1.54, 1.807) is 44.2 Å². The van der Waals surface area contributed by atoms with Crippen molar-refractivity contribution in [1.82, 2.24) is 14.1 Å². The maximum absolute atomic E-state index is 13.3. The van der Waals surface area contributed by atoms with E-state index in [-0.39, 0.29) is 10.7 Å². The first kappa shape index (κ1) is 25.0. The molecule has 0 amide bonds. The number of sulfonamides is 1. The van der Waals surface area contributed by atoms with Gasteiger partial charge in [-0.25, -0.2) is 13.1 Å². The lowest BCUT2D eigenvalue weighted by atomic mass is 10.0. The molecule has 0 aliphatic carbocycles. The van der Waals surface area contributed by atoms with Crippen molar-refractivity contribution in [1.29, 1.82) is 0 Å². The highest BCUT2D eigenvalue weighted by atomic mass is 32.2.